The summed E-state index contributed by atoms with van der Waals surface area (Å²) in [6.45, 7) is 5.70. The average Bonchev–Trinajstić information content (AvgIpc) is 2.37. The Morgan fingerprint density at radius 2 is 1.94 bits per heavy atom. The van der Waals surface area contributed by atoms with Crippen LogP contribution in [0.3, 0.4) is 0 Å². The monoisotopic (exact) mass is 235 g/mol. The fraction of sp³-hybridized carbons (Fsp3) is 0.429. The molecule has 0 saturated heterocycles. The largest absolute Gasteiger partial charge is 0.373 e. The third kappa shape index (κ3) is 5.00. The fourth-order valence-corrected chi connectivity index (χ4v) is 1.53. The molecule has 0 aliphatic heterocycles. The van der Waals surface area contributed by atoms with Crippen molar-refractivity contribution in [2.45, 2.75) is 32.6 Å². The highest BCUT2D eigenvalue weighted by atomic mass is 17.2. The lowest BCUT2D eigenvalue weighted by Crippen LogP contribution is -2.05. The lowest BCUT2D eigenvalue weighted by Gasteiger charge is -2.03. The SMILES string of the molecule is [CH2]COOC(=O)c1ccc(CCCCC)cc1. The van der Waals surface area contributed by atoms with Gasteiger partial charge >= 0.3 is 5.97 Å². The van der Waals surface area contributed by atoms with Crippen molar-refractivity contribution in [3.8, 4) is 0 Å². The van der Waals surface area contributed by atoms with Gasteiger partial charge in [0.1, 0.15) is 0 Å². The summed E-state index contributed by atoms with van der Waals surface area (Å²) in [5.41, 5.74) is 1.74. The van der Waals surface area contributed by atoms with E-state index in [0.717, 1.165) is 6.42 Å². The van der Waals surface area contributed by atoms with Crippen molar-refractivity contribution in [3.63, 3.8) is 0 Å². The third-order valence-corrected chi connectivity index (χ3v) is 2.48. The van der Waals surface area contributed by atoms with Crippen molar-refractivity contribution in [2.75, 3.05) is 6.61 Å². The van der Waals surface area contributed by atoms with Gasteiger partial charge < -0.3 is 0 Å². The second kappa shape index (κ2) is 7.85. The Morgan fingerprint density at radius 3 is 2.53 bits per heavy atom. The summed E-state index contributed by atoms with van der Waals surface area (Å²) >= 11 is 0. The molecule has 0 unspecified atom stereocenters. The Balaban J connectivity index is 2.46. The number of rotatable bonds is 7. The molecular weight excluding hydrogens is 216 g/mol. The summed E-state index contributed by atoms with van der Waals surface area (Å²) in [4.78, 5) is 20.4. The number of carbonyl (C=O) groups excluding carboxylic acids is 1. The van der Waals surface area contributed by atoms with E-state index >= 15 is 0 Å². The smallest absolute Gasteiger partial charge is 0.293 e. The van der Waals surface area contributed by atoms with Crippen LogP contribution in [-0.4, -0.2) is 12.6 Å². The summed E-state index contributed by atoms with van der Waals surface area (Å²) in [6, 6.07) is 7.43. The molecule has 0 aliphatic rings. The number of carbonyl (C=O) groups is 1. The van der Waals surface area contributed by atoms with Gasteiger partial charge in [-0.2, -0.15) is 4.89 Å². The fourth-order valence-electron chi connectivity index (χ4n) is 1.53. The van der Waals surface area contributed by atoms with E-state index in [1.165, 1.54) is 24.8 Å². The zero-order chi connectivity index (χ0) is 12.5. The van der Waals surface area contributed by atoms with Crippen LogP contribution in [0.25, 0.3) is 0 Å². The molecule has 0 N–H and O–H groups in total. The molecule has 0 aromatic heterocycles. The normalized spacial score (nSPS) is 10.2. The van der Waals surface area contributed by atoms with Gasteiger partial charge in [0.2, 0.25) is 0 Å². The molecule has 1 aromatic carbocycles. The van der Waals surface area contributed by atoms with E-state index in [1.807, 2.05) is 12.1 Å². The Kier molecular flexibility index (Phi) is 6.33. The van der Waals surface area contributed by atoms with Gasteiger partial charge in [-0.05, 0) is 37.5 Å². The van der Waals surface area contributed by atoms with Gasteiger partial charge in [-0.15, -0.1) is 0 Å². The number of benzene rings is 1. The van der Waals surface area contributed by atoms with Gasteiger partial charge in [-0.25, -0.2) is 4.79 Å². The summed E-state index contributed by atoms with van der Waals surface area (Å²) in [7, 11) is 0. The van der Waals surface area contributed by atoms with Crippen molar-refractivity contribution in [2.24, 2.45) is 0 Å². The average molecular weight is 235 g/mol. The van der Waals surface area contributed by atoms with Crippen LogP contribution in [0, 0.1) is 6.92 Å². The second-order valence-electron chi connectivity index (χ2n) is 3.85. The Hall–Kier alpha value is -1.35. The molecule has 0 spiro atoms. The van der Waals surface area contributed by atoms with Crippen LogP contribution in [-0.2, 0) is 16.2 Å². The number of hydrogen-bond donors (Lipinski definition) is 0. The molecular formula is C14H19O3. The molecule has 0 heterocycles. The zero-order valence-electron chi connectivity index (χ0n) is 10.3. The molecule has 0 bridgehead atoms. The molecule has 17 heavy (non-hydrogen) atoms. The van der Waals surface area contributed by atoms with E-state index in [9.17, 15) is 4.79 Å². The van der Waals surface area contributed by atoms with Gasteiger partial charge in [0, 0.05) is 0 Å². The molecule has 0 atom stereocenters. The summed E-state index contributed by atoms with van der Waals surface area (Å²) in [6.07, 6.45) is 4.69. The first-order valence-corrected chi connectivity index (χ1v) is 6.00. The Labute approximate surface area is 103 Å². The standard InChI is InChI=1S/C14H19O3/c1-3-5-6-7-12-8-10-13(11-9-12)14(15)17-16-4-2/h8-11H,2-7H2,1H3. The molecule has 3 heteroatoms. The van der Waals surface area contributed by atoms with Gasteiger partial charge in [0.05, 0.1) is 12.2 Å². The maximum Gasteiger partial charge on any atom is 0.373 e. The Bertz CT molecular complexity index is 330. The van der Waals surface area contributed by atoms with Crippen molar-refractivity contribution in [1.82, 2.24) is 0 Å². The second-order valence-corrected chi connectivity index (χ2v) is 3.85. The van der Waals surface area contributed by atoms with E-state index in [4.69, 9.17) is 0 Å². The van der Waals surface area contributed by atoms with Gasteiger partial charge in [-0.1, -0.05) is 31.9 Å². The van der Waals surface area contributed by atoms with E-state index in [2.05, 4.69) is 23.6 Å². The summed E-state index contributed by atoms with van der Waals surface area (Å²) in [5.74, 6) is -0.478. The molecule has 0 amide bonds. The highest BCUT2D eigenvalue weighted by Crippen LogP contribution is 2.09. The van der Waals surface area contributed by atoms with Crippen LogP contribution in [0.1, 0.15) is 42.1 Å². The Morgan fingerprint density at radius 1 is 1.24 bits per heavy atom. The molecule has 0 saturated carbocycles. The van der Waals surface area contributed by atoms with Crippen LogP contribution < -0.4 is 0 Å². The minimum absolute atomic E-state index is 0.112. The predicted molar refractivity (Wildman–Crippen MR) is 66.4 cm³/mol. The quantitative estimate of drug-likeness (QED) is 0.413. The first-order chi connectivity index (χ1) is 8.27. The van der Waals surface area contributed by atoms with Crippen LogP contribution >= 0.6 is 0 Å². The number of hydrogen-bond acceptors (Lipinski definition) is 3. The van der Waals surface area contributed by atoms with E-state index in [1.54, 1.807) is 12.1 Å². The van der Waals surface area contributed by atoms with Gasteiger partial charge in [0.25, 0.3) is 0 Å². The predicted octanol–water partition coefficient (Wildman–Crippen LogP) is 3.34. The molecule has 1 aromatic rings. The lowest BCUT2D eigenvalue weighted by atomic mass is 10.1. The molecule has 1 radical (unpaired) electrons. The zero-order valence-corrected chi connectivity index (χ0v) is 10.3. The molecule has 93 valence electrons. The minimum Gasteiger partial charge on any atom is -0.293 e. The minimum atomic E-state index is -0.478. The topological polar surface area (TPSA) is 35.5 Å². The van der Waals surface area contributed by atoms with E-state index in [0.29, 0.717) is 5.56 Å². The number of aryl methyl sites for hydroxylation is 1. The first kappa shape index (κ1) is 13.7. The maximum absolute atomic E-state index is 11.4. The maximum atomic E-state index is 11.4. The van der Waals surface area contributed by atoms with Crippen LogP contribution in [0.5, 0.6) is 0 Å². The van der Waals surface area contributed by atoms with Crippen molar-refractivity contribution < 1.29 is 14.6 Å². The summed E-state index contributed by atoms with van der Waals surface area (Å²) < 4.78 is 0. The van der Waals surface area contributed by atoms with Gasteiger partial charge in [0.15, 0.2) is 0 Å². The first-order valence-electron chi connectivity index (χ1n) is 6.00. The van der Waals surface area contributed by atoms with Crippen LogP contribution in [0.4, 0.5) is 0 Å². The van der Waals surface area contributed by atoms with E-state index < -0.39 is 5.97 Å². The lowest BCUT2D eigenvalue weighted by molar-refractivity contribution is -0.232. The summed E-state index contributed by atoms with van der Waals surface area (Å²) in [5, 5.41) is 0. The number of unbranched alkanes of at least 4 members (excludes halogenated alkanes) is 2. The van der Waals surface area contributed by atoms with Crippen LogP contribution in [0.2, 0.25) is 0 Å². The molecule has 0 aliphatic carbocycles. The van der Waals surface area contributed by atoms with Crippen molar-refractivity contribution in [3.05, 3.63) is 42.3 Å². The highest BCUT2D eigenvalue weighted by molar-refractivity contribution is 5.88. The molecule has 0 fully saturated rings. The molecule has 3 nitrogen and oxygen atoms in total. The highest BCUT2D eigenvalue weighted by Gasteiger charge is 2.07. The van der Waals surface area contributed by atoms with Crippen molar-refractivity contribution >= 4 is 5.97 Å². The molecule has 1 rings (SSSR count). The van der Waals surface area contributed by atoms with Crippen molar-refractivity contribution in [1.29, 1.82) is 0 Å². The van der Waals surface area contributed by atoms with E-state index in [-0.39, 0.29) is 6.61 Å². The third-order valence-electron chi connectivity index (χ3n) is 2.48. The van der Waals surface area contributed by atoms with Crippen LogP contribution in [0.15, 0.2) is 24.3 Å². The van der Waals surface area contributed by atoms with Gasteiger partial charge in [-0.3, -0.25) is 4.89 Å².